The zero-order chi connectivity index (χ0) is 9.45. The molecule has 0 bridgehead atoms. The van der Waals surface area contributed by atoms with Gasteiger partial charge in [-0.05, 0) is 12.8 Å². The maximum atomic E-state index is 9.68. The highest BCUT2D eigenvalue weighted by molar-refractivity contribution is 4.74. The molecule has 1 unspecified atom stereocenters. The van der Waals surface area contributed by atoms with Crippen molar-refractivity contribution in [3.63, 3.8) is 0 Å². The van der Waals surface area contributed by atoms with E-state index >= 15 is 0 Å². The van der Waals surface area contributed by atoms with Gasteiger partial charge in [0.15, 0.2) is 0 Å². The molecule has 0 aromatic rings. The van der Waals surface area contributed by atoms with Crippen LogP contribution in [0.2, 0.25) is 0 Å². The van der Waals surface area contributed by atoms with Gasteiger partial charge in [-0.15, -0.1) is 0 Å². The van der Waals surface area contributed by atoms with Crippen molar-refractivity contribution >= 4 is 0 Å². The molecule has 1 atom stereocenters. The van der Waals surface area contributed by atoms with Crippen LogP contribution in [0.15, 0.2) is 0 Å². The van der Waals surface area contributed by atoms with E-state index in [1.165, 1.54) is 19.3 Å². The van der Waals surface area contributed by atoms with E-state index in [1.807, 2.05) is 6.92 Å². The highest BCUT2D eigenvalue weighted by atomic mass is 16.3. The minimum Gasteiger partial charge on any atom is -0.393 e. The summed E-state index contributed by atoms with van der Waals surface area (Å²) in [5, 5.41) is 18.6. The maximum Gasteiger partial charge on any atom is 0.0874 e. The van der Waals surface area contributed by atoms with Gasteiger partial charge in [-0.3, -0.25) is 0 Å². The molecule has 0 aliphatic carbocycles. The van der Waals surface area contributed by atoms with Crippen LogP contribution < -0.4 is 0 Å². The summed E-state index contributed by atoms with van der Waals surface area (Å²) in [7, 11) is 0. The number of rotatable bonds is 7. The lowest BCUT2D eigenvalue weighted by Crippen LogP contribution is -2.32. The smallest absolute Gasteiger partial charge is 0.0874 e. The molecule has 2 N–H and O–H groups in total. The molecule has 2 nitrogen and oxygen atoms in total. The molecule has 0 aliphatic rings. The van der Waals surface area contributed by atoms with E-state index in [0.717, 1.165) is 12.8 Å². The summed E-state index contributed by atoms with van der Waals surface area (Å²) in [6.45, 7) is 3.98. The van der Waals surface area contributed by atoms with E-state index in [1.54, 1.807) is 0 Å². The minimum atomic E-state index is -0.812. The summed E-state index contributed by atoms with van der Waals surface area (Å²) in [5.41, 5.74) is -0.812. The van der Waals surface area contributed by atoms with Crippen LogP contribution in [0.5, 0.6) is 0 Å². The largest absolute Gasteiger partial charge is 0.393 e. The molecular formula is C10H22O2. The molecule has 0 aromatic heterocycles. The van der Waals surface area contributed by atoms with Gasteiger partial charge in [-0.25, -0.2) is 0 Å². The SMILES string of the molecule is CCCCCCC(O)(CC)CO. The summed E-state index contributed by atoms with van der Waals surface area (Å²) >= 11 is 0. The predicted octanol–water partition coefficient (Wildman–Crippen LogP) is 2.09. The zero-order valence-corrected chi connectivity index (χ0v) is 8.34. The quantitative estimate of drug-likeness (QED) is 0.580. The van der Waals surface area contributed by atoms with Crippen molar-refractivity contribution in [2.45, 2.75) is 58.0 Å². The molecule has 0 fully saturated rings. The first-order valence-electron chi connectivity index (χ1n) is 5.01. The Hall–Kier alpha value is -0.0800. The molecule has 0 rings (SSSR count). The summed E-state index contributed by atoms with van der Waals surface area (Å²) < 4.78 is 0. The second-order valence-electron chi connectivity index (χ2n) is 3.55. The first kappa shape index (κ1) is 11.9. The Labute approximate surface area is 75.6 Å². The van der Waals surface area contributed by atoms with E-state index in [2.05, 4.69) is 6.92 Å². The average molecular weight is 174 g/mol. The van der Waals surface area contributed by atoms with E-state index in [0.29, 0.717) is 6.42 Å². The lowest BCUT2D eigenvalue weighted by Gasteiger charge is -2.23. The lowest BCUT2D eigenvalue weighted by atomic mass is 9.94. The molecule has 0 saturated heterocycles. The highest BCUT2D eigenvalue weighted by Crippen LogP contribution is 2.18. The molecular weight excluding hydrogens is 152 g/mol. The standard InChI is InChI=1S/C10H22O2/c1-3-5-6-7-8-10(12,4-2)9-11/h11-12H,3-9H2,1-2H3. The van der Waals surface area contributed by atoms with Gasteiger partial charge < -0.3 is 10.2 Å². The average Bonchev–Trinajstić information content (AvgIpc) is 2.12. The van der Waals surface area contributed by atoms with Crippen molar-refractivity contribution in [2.24, 2.45) is 0 Å². The van der Waals surface area contributed by atoms with Crippen molar-refractivity contribution in [2.75, 3.05) is 6.61 Å². The molecule has 0 spiro atoms. The molecule has 74 valence electrons. The third-order valence-electron chi connectivity index (χ3n) is 2.45. The van der Waals surface area contributed by atoms with Gasteiger partial charge in [0, 0.05) is 0 Å². The van der Waals surface area contributed by atoms with E-state index < -0.39 is 5.60 Å². The zero-order valence-electron chi connectivity index (χ0n) is 8.34. The Morgan fingerprint density at radius 1 is 1.08 bits per heavy atom. The molecule has 0 amide bonds. The Morgan fingerprint density at radius 2 is 1.75 bits per heavy atom. The fourth-order valence-corrected chi connectivity index (χ4v) is 1.25. The van der Waals surface area contributed by atoms with Gasteiger partial charge in [-0.1, -0.05) is 39.5 Å². The van der Waals surface area contributed by atoms with E-state index in [4.69, 9.17) is 5.11 Å². The predicted molar refractivity (Wildman–Crippen MR) is 51.1 cm³/mol. The number of hydrogen-bond acceptors (Lipinski definition) is 2. The van der Waals surface area contributed by atoms with Gasteiger partial charge in [0.25, 0.3) is 0 Å². The molecule has 0 aromatic carbocycles. The van der Waals surface area contributed by atoms with Crippen molar-refractivity contribution in [1.29, 1.82) is 0 Å². The summed E-state index contributed by atoms with van der Waals surface area (Å²) in [6.07, 6.45) is 6.02. The molecule has 0 saturated carbocycles. The number of aliphatic hydroxyl groups is 2. The third-order valence-corrected chi connectivity index (χ3v) is 2.45. The lowest BCUT2D eigenvalue weighted by molar-refractivity contribution is -0.0259. The molecule has 12 heavy (non-hydrogen) atoms. The second-order valence-corrected chi connectivity index (χ2v) is 3.55. The van der Waals surface area contributed by atoms with Crippen LogP contribution in [-0.2, 0) is 0 Å². The monoisotopic (exact) mass is 174 g/mol. The fourth-order valence-electron chi connectivity index (χ4n) is 1.25. The van der Waals surface area contributed by atoms with Gasteiger partial charge in [-0.2, -0.15) is 0 Å². The highest BCUT2D eigenvalue weighted by Gasteiger charge is 2.22. The molecule has 0 heterocycles. The first-order valence-corrected chi connectivity index (χ1v) is 5.01. The Kier molecular flexibility index (Phi) is 6.39. The van der Waals surface area contributed by atoms with Crippen molar-refractivity contribution in [3.05, 3.63) is 0 Å². The van der Waals surface area contributed by atoms with E-state index in [-0.39, 0.29) is 6.61 Å². The third kappa shape index (κ3) is 4.73. The summed E-state index contributed by atoms with van der Waals surface area (Å²) in [6, 6.07) is 0. The van der Waals surface area contributed by atoms with Gasteiger partial charge >= 0.3 is 0 Å². The van der Waals surface area contributed by atoms with Crippen LogP contribution in [0.25, 0.3) is 0 Å². The topological polar surface area (TPSA) is 40.5 Å². The Bertz CT molecular complexity index is 98.0. The number of unbranched alkanes of at least 4 members (excludes halogenated alkanes) is 3. The van der Waals surface area contributed by atoms with Crippen LogP contribution in [-0.4, -0.2) is 22.4 Å². The van der Waals surface area contributed by atoms with Crippen molar-refractivity contribution in [1.82, 2.24) is 0 Å². The van der Waals surface area contributed by atoms with Crippen LogP contribution in [0.1, 0.15) is 52.4 Å². The number of hydrogen-bond donors (Lipinski definition) is 2. The minimum absolute atomic E-state index is 0.102. The van der Waals surface area contributed by atoms with Crippen LogP contribution in [0, 0.1) is 0 Å². The molecule has 0 radical (unpaired) electrons. The maximum absolute atomic E-state index is 9.68. The van der Waals surface area contributed by atoms with Gasteiger partial charge in [0.2, 0.25) is 0 Å². The van der Waals surface area contributed by atoms with E-state index in [9.17, 15) is 5.11 Å². The molecule has 0 aliphatic heterocycles. The Balaban J connectivity index is 3.45. The van der Waals surface area contributed by atoms with Gasteiger partial charge in [0.1, 0.15) is 0 Å². The van der Waals surface area contributed by atoms with Crippen LogP contribution in [0.4, 0.5) is 0 Å². The summed E-state index contributed by atoms with van der Waals surface area (Å²) in [5.74, 6) is 0. The molecule has 2 heteroatoms. The fraction of sp³-hybridized carbons (Fsp3) is 1.00. The van der Waals surface area contributed by atoms with Gasteiger partial charge in [0.05, 0.1) is 12.2 Å². The second kappa shape index (κ2) is 6.44. The number of aliphatic hydroxyl groups excluding tert-OH is 1. The van der Waals surface area contributed by atoms with Crippen molar-refractivity contribution < 1.29 is 10.2 Å². The first-order chi connectivity index (χ1) is 5.68. The van der Waals surface area contributed by atoms with Crippen molar-refractivity contribution in [3.8, 4) is 0 Å². The normalized spacial score (nSPS) is 16.0. The van der Waals surface area contributed by atoms with Crippen LogP contribution >= 0.6 is 0 Å². The van der Waals surface area contributed by atoms with Crippen LogP contribution in [0.3, 0.4) is 0 Å². The Morgan fingerprint density at radius 3 is 2.17 bits per heavy atom. The summed E-state index contributed by atoms with van der Waals surface area (Å²) in [4.78, 5) is 0.